The second-order valence-corrected chi connectivity index (χ2v) is 8.53. The molecule has 166 valence electrons. The first-order valence-electron chi connectivity index (χ1n) is 11.2. The van der Waals surface area contributed by atoms with Gasteiger partial charge in [-0.1, -0.05) is 48.0 Å². The number of hydrogen-bond acceptors (Lipinski definition) is 5. The zero-order valence-corrected chi connectivity index (χ0v) is 18.5. The molecule has 6 nitrogen and oxygen atoms in total. The minimum atomic E-state index is -0.554. The van der Waals surface area contributed by atoms with Crippen LogP contribution in [0.3, 0.4) is 0 Å². The average Bonchev–Trinajstić information content (AvgIpc) is 3.43. The lowest BCUT2D eigenvalue weighted by Gasteiger charge is -2.15. The lowest BCUT2D eigenvalue weighted by atomic mass is 10.0. The summed E-state index contributed by atoms with van der Waals surface area (Å²) in [5.74, 6) is -1.24. The standard InChI is InChI=1S/C27H24N2O4/c1-17-8-10-18(11-9-17)15-19-12-13-21-25(20-5-2-3-6-22(20)28-26(19)21)27(32)33-16-24(31)29-14-4-7-23(29)30/h2-3,5-6,8-11,15H,4,7,12-14,16H2,1H3. The molecule has 3 aromatic rings. The smallest absolute Gasteiger partial charge is 0.339 e. The predicted molar refractivity (Wildman–Crippen MR) is 125 cm³/mol. The largest absolute Gasteiger partial charge is 0.452 e. The first-order chi connectivity index (χ1) is 16.0. The van der Waals surface area contributed by atoms with Gasteiger partial charge < -0.3 is 4.74 Å². The predicted octanol–water partition coefficient (Wildman–Crippen LogP) is 4.34. The zero-order valence-electron chi connectivity index (χ0n) is 18.5. The van der Waals surface area contributed by atoms with Crippen LogP contribution in [0.1, 0.15) is 52.0 Å². The summed E-state index contributed by atoms with van der Waals surface area (Å²) in [6.07, 6.45) is 4.57. The molecular weight excluding hydrogens is 416 g/mol. The molecule has 33 heavy (non-hydrogen) atoms. The molecule has 2 aliphatic rings. The third-order valence-electron chi connectivity index (χ3n) is 6.27. The highest BCUT2D eigenvalue weighted by Gasteiger charge is 2.30. The van der Waals surface area contributed by atoms with E-state index in [2.05, 4.69) is 37.3 Å². The topological polar surface area (TPSA) is 76.6 Å². The van der Waals surface area contributed by atoms with E-state index in [0.29, 0.717) is 42.3 Å². The van der Waals surface area contributed by atoms with Gasteiger partial charge in [-0.05, 0) is 55.0 Å². The van der Waals surface area contributed by atoms with Gasteiger partial charge in [0.25, 0.3) is 5.91 Å². The molecule has 2 amide bonds. The Morgan fingerprint density at radius 1 is 1.06 bits per heavy atom. The molecule has 1 aromatic heterocycles. The molecule has 1 aliphatic carbocycles. The van der Waals surface area contributed by atoms with Gasteiger partial charge in [-0.2, -0.15) is 0 Å². The number of fused-ring (bicyclic) bond motifs is 2. The SMILES string of the molecule is Cc1ccc(C=C2CCc3c2nc2ccccc2c3C(=O)OCC(=O)N2CCCC2=O)cc1. The number of likely N-dealkylation sites (tertiary alicyclic amines) is 1. The van der Waals surface area contributed by atoms with Crippen LogP contribution in [-0.4, -0.2) is 40.8 Å². The number of para-hydroxylation sites is 1. The fourth-order valence-electron chi connectivity index (χ4n) is 4.57. The Morgan fingerprint density at radius 3 is 2.61 bits per heavy atom. The average molecular weight is 440 g/mol. The number of nitrogens with zero attached hydrogens (tertiary/aromatic N) is 2. The molecule has 1 saturated heterocycles. The molecule has 0 atom stereocenters. The van der Waals surface area contributed by atoms with E-state index >= 15 is 0 Å². The number of ether oxygens (including phenoxy) is 1. The highest BCUT2D eigenvalue weighted by molar-refractivity contribution is 6.08. The molecule has 0 unspecified atom stereocenters. The van der Waals surface area contributed by atoms with Crippen molar-refractivity contribution in [2.75, 3.05) is 13.2 Å². The molecule has 5 rings (SSSR count). The number of allylic oxidation sites excluding steroid dienone is 1. The number of hydrogen-bond donors (Lipinski definition) is 0. The van der Waals surface area contributed by atoms with Crippen LogP contribution in [0.4, 0.5) is 0 Å². The van der Waals surface area contributed by atoms with E-state index in [9.17, 15) is 14.4 Å². The number of aromatic nitrogens is 1. The summed E-state index contributed by atoms with van der Waals surface area (Å²) in [7, 11) is 0. The number of benzene rings is 2. The number of carbonyl (C=O) groups excluding carboxylic acids is 3. The van der Waals surface area contributed by atoms with Gasteiger partial charge in [0.2, 0.25) is 5.91 Å². The summed E-state index contributed by atoms with van der Waals surface area (Å²) in [4.78, 5) is 43.4. The normalized spacial score (nSPS) is 16.5. The molecule has 0 spiro atoms. The van der Waals surface area contributed by atoms with Crippen molar-refractivity contribution in [1.82, 2.24) is 9.88 Å². The molecule has 0 bridgehead atoms. The first kappa shape index (κ1) is 21.1. The van der Waals surface area contributed by atoms with Gasteiger partial charge in [0.1, 0.15) is 0 Å². The number of pyridine rings is 1. The third kappa shape index (κ3) is 4.04. The number of carbonyl (C=O) groups is 3. The van der Waals surface area contributed by atoms with E-state index in [1.54, 1.807) is 0 Å². The van der Waals surface area contributed by atoms with Gasteiger partial charge in [0.15, 0.2) is 6.61 Å². The highest BCUT2D eigenvalue weighted by Crippen LogP contribution is 2.37. The molecular formula is C27H24N2O4. The maximum atomic E-state index is 13.2. The number of aryl methyl sites for hydroxylation is 1. The van der Waals surface area contributed by atoms with Gasteiger partial charge in [-0.15, -0.1) is 0 Å². The molecule has 0 radical (unpaired) electrons. The molecule has 2 heterocycles. The second kappa shape index (κ2) is 8.62. The van der Waals surface area contributed by atoms with Crippen molar-refractivity contribution in [2.45, 2.75) is 32.6 Å². The second-order valence-electron chi connectivity index (χ2n) is 8.53. The number of imide groups is 1. The number of rotatable bonds is 4. The highest BCUT2D eigenvalue weighted by atomic mass is 16.5. The quantitative estimate of drug-likeness (QED) is 0.564. The Kier molecular flexibility index (Phi) is 5.50. The van der Waals surface area contributed by atoms with Crippen LogP contribution in [0.25, 0.3) is 22.6 Å². The van der Waals surface area contributed by atoms with Crippen molar-refractivity contribution in [3.8, 4) is 0 Å². The molecule has 1 aliphatic heterocycles. The molecule has 1 fully saturated rings. The summed E-state index contributed by atoms with van der Waals surface area (Å²) in [5, 5.41) is 0.711. The van der Waals surface area contributed by atoms with Crippen molar-refractivity contribution < 1.29 is 19.1 Å². The minimum Gasteiger partial charge on any atom is -0.452 e. The summed E-state index contributed by atoms with van der Waals surface area (Å²) in [5.41, 5.74) is 6.19. The summed E-state index contributed by atoms with van der Waals surface area (Å²) < 4.78 is 5.42. The zero-order chi connectivity index (χ0) is 22.9. The van der Waals surface area contributed by atoms with E-state index in [-0.39, 0.29) is 5.91 Å². The van der Waals surface area contributed by atoms with Crippen LogP contribution in [0.2, 0.25) is 0 Å². The molecule has 6 heteroatoms. The van der Waals surface area contributed by atoms with Crippen molar-refractivity contribution >= 4 is 40.3 Å². The fourth-order valence-corrected chi connectivity index (χ4v) is 4.57. The molecule has 2 aromatic carbocycles. The Hall–Kier alpha value is -3.80. The van der Waals surface area contributed by atoms with Crippen LogP contribution in [0.5, 0.6) is 0 Å². The van der Waals surface area contributed by atoms with Crippen LogP contribution in [-0.2, 0) is 20.7 Å². The maximum Gasteiger partial charge on any atom is 0.339 e. The monoisotopic (exact) mass is 440 g/mol. The maximum absolute atomic E-state index is 13.2. The number of esters is 1. The van der Waals surface area contributed by atoms with E-state index < -0.39 is 18.5 Å². The Morgan fingerprint density at radius 2 is 1.85 bits per heavy atom. The fraction of sp³-hybridized carbons (Fsp3) is 0.259. The Bertz CT molecular complexity index is 1310. The Labute approximate surface area is 191 Å². The van der Waals surface area contributed by atoms with Crippen LogP contribution < -0.4 is 0 Å². The van der Waals surface area contributed by atoms with E-state index in [4.69, 9.17) is 9.72 Å². The Balaban J connectivity index is 1.48. The van der Waals surface area contributed by atoms with Crippen molar-refractivity contribution in [2.24, 2.45) is 0 Å². The number of amides is 2. The van der Waals surface area contributed by atoms with Gasteiger partial charge >= 0.3 is 5.97 Å². The van der Waals surface area contributed by atoms with Crippen molar-refractivity contribution in [1.29, 1.82) is 0 Å². The van der Waals surface area contributed by atoms with Gasteiger partial charge in [0.05, 0.1) is 16.8 Å². The summed E-state index contributed by atoms with van der Waals surface area (Å²) in [6, 6.07) is 15.8. The molecule has 0 N–H and O–H groups in total. The van der Waals surface area contributed by atoms with Crippen molar-refractivity contribution in [3.05, 3.63) is 76.5 Å². The van der Waals surface area contributed by atoms with Gasteiger partial charge in [-0.25, -0.2) is 9.78 Å². The van der Waals surface area contributed by atoms with Gasteiger partial charge in [-0.3, -0.25) is 14.5 Å². The van der Waals surface area contributed by atoms with E-state index in [1.165, 1.54) is 10.5 Å². The lowest BCUT2D eigenvalue weighted by molar-refractivity contribution is -0.143. The van der Waals surface area contributed by atoms with E-state index in [1.807, 2.05) is 24.3 Å². The minimum absolute atomic E-state index is 0.211. The summed E-state index contributed by atoms with van der Waals surface area (Å²) in [6.45, 7) is 2.00. The lowest BCUT2D eigenvalue weighted by Crippen LogP contribution is -2.35. The van der Waals surface area contributed by atoms with E-state index in [0.717, 1.165) is 28.8 Å². The first-order valence-corrected chi connectivity index (χ1v) is 11.2. The third-order valence-corrected chi connectivity index (χ3v) is 6.27. The van der Waals surface area contributed by atoms with Crippen LogP contribution in [0.15, 0.2) is 48.5 Å². The molecule has 0 saturated carbocycles. The van der Waals surface area contributed by atoms with Crippen LogP contribution >= 0.6 is 0 Å². The van der Waals surface area contributed by atoms with Crippen LogP contribution in [0, 0.1) is 6.92 Å². The summed E-state index contributed by atoms with van der Waals surface area (Å²) >= 11 is 0. The van der Waals surface area contributed by atoms with Crippen molar-refractivity contribution in [3.63, 3.8) is 0 Å². The van der Waals surface area contributed by atoms with Gasteiger partial charge in [0, 0.05) is 18.4 Å².